The van der Waals surface area contributed by atoms with Gasteiger partial charge in [-0.3, -0.25) is 0 Å². The zero-order valence-corrected chi connectivity index (χ0v) is 11.6. The lowest BCUT2D eigenvalue weighted by Gasteiger charge is -2.11. The number of sulfonamides is 1. The molecule has 0 fully saturated rings. The van der Waals surface area contributed by atoms with Crippen LogP contribution in [0, 0.1) is 0 Å². The molecule has 17 heavy (non-hydrogen) atoms. The smallest absolute Gasteiger partial charge is 0.253 e. The van der Waals surface area contributed by atoms with Crippen molar-refractivity contribution in [2.24, 2.45) is 5.73 Å². The topological polar surface area (TPSA) is 81.4 Å². The van der Waals surface area contributed by atoms with E-state index in [1.165, 1.54) is 7.11 Å². The van der Waals surface area contributed by atoms with Crippen LogP contribution < -0.4 is 15.2 Å². The van der Waals surface area contributed by atoms with Gasteiger partial charge < -0.3 is 10.5 Å². The number of nitrogens with one attached hydrogen (secondary N) is 1. The van der Waals surface area contributed by atoms with Crippen LogP contribution >= 0.6 is 11.3 Å². The van der Waals surface area contributed by atoms with Gasteiger partial charge in [0.2, 0.25) is 0 Å². The van der Waals surface area contributed by atoms with Gasteiger partial charge in [-0.05, 0) is 17.9 Å². The summed E-state index contributed by atoms with van der Waals surface area (Å²) in [6, 6.07) is 1.48. The Morgan fingerprint density at radius 2 is 2.29 bits per heavy atom. The molecule has 3 N–H and O–H groups in total. The normalized spacial score (nSPS) is 13.6. The molecular weight excluding hydrogens is 260 g/mol. The minimum Gasteiger partial charge on any atom is -0.494 e. The first kappa shape index (κ1) is 14.4. The molecule has 5 nitrogen and oxygen atoms in total. The van der Waals surface area contributed by atoms with Crippen LogP contribution in [0.5, 0.6) is 5.75 Å². The molecule has 1 unspecified atom stereocenters. The van der Waals surface area contributed by atoms with Gasteiger partial charge in [-0.25, -0.2) is 13.1 Å². The SMILES string of the molecule is CCCC(N)CNS(=O)(=O)c1sccc1OC. The second kappa shape index (κ2) is 6.34. The molecular formula is C10H18N2O3S2. The van der Waals surface area contributed by atoms with E-state index >= 15 is 0 Å². The number of methoxy groups -OCH3 is 1. The molecule has 0 aliphatic heterocycles. The average Bonchev–Trinajstić information content (AvgIpc) is 2.76. The van der Waals surface area contributed by atoms with E-state index in [4.69, 9.17) is 10.5 Å². The van der Waals surface area contributed by atoms with Crippen LogP contribution in [-0.2, 0) is 10.0 Å². The Morgan fingerprint density at radius 1 is 1.59 bits per heavy atom. The van der Waals surface area contributed by atoms with E-state index in [1.807, 2.05) is 6.92 Å². The molecule has 0 amide bonds. The Hall–Kier alpha value is -0.630. The maximum absolute atomic E-state index is 11.9. The van der Waals surface area contributed by atoms with Crippen molar-refractivity contribution >= 4 is 21.4 Å². The first-order chi connectivity index (χ1) is 8.01. The lowest BCUT2D eigenvalue weighted by molar-refractivity contribution is 0.406. The van der Waals surface area contributed by atoms with Crippen LogP contribution in [0.25, 0.3) is 0 Å². The summed E-state index contributed by atoms with van der Waals surface area (Å²) in [6.07, 6.45) is 1.73. The zero-order chi connectivity index (χ0) is 12.9. The minimum absolute atomic E-state index is 0.152. The fraction of sp³-hybridized carbons (Fsp3) is 0.600. The monoisotopic (exact) mass is 278 g/mol. The van der Waals surface area contributed by atoms with Gasteiger partial charge in [0.25, 0.3) is 10.0 Å². The third-order valence-electron chi connectivity index (χ3n) is 2.25. The van der Waals surface area contributed by atoms with Crippen molar-refractivity contribution in [3.8, 4) is 5.75 Å². The molecule has 1 aromatic heterocycles. The van der Waals surface area contributed by atoms with Crippen molar-refractivity contribution in [2.45, 2.75) is 30.0 Å². The highest BCUT2D eigenvalue weighted by Crippen LogP contribution is 2.28. The second-order valence-corrected chi connectivity index (χ2v) is 6.56. The van der Waals surface area contributed by atoms with Gasteiger partial charge >= 0.3 is 0 Å². The Bertz CT molecular complexity index is 442. The van der Waals surface area contributed by atoms with Crippen molar-refractivity contribution in [1.29, 1.82) is 0 Å². The van der Waals surface area contributed by atoms with Crippen molar-refractivity contribution in [1.82, 2.24) is 4.72 Å². The average molecular weight is 278 g/mol. The van der Waals surface area contributed by atoms with E-state index in [0.29, 0.717) is 5.75 Å². The fourth-order valence-electron chi connectivity index (χ4n) is 1.39. The van der Waals surface area contributed by atoms with Gasteiger partial charge in [-0.15, -0.1) is 11.3 Å². The van der Waals surface area contributed by atoms with E-state index < -0.39 is 10.0 Å². The summed E-state index contributed by atoms with van der Waals surface area (Å²) in [5, 5.41) is 1.68. The second-order valence-electron chi connectivity index (χ2n) is 3.68. The summed E-state index contributed by atoms with van der Waals surface area (Å²) in [5.74, 6) is 0.367. The molecule has 0 radical (unpaired) electrons. The summed E-state index contributed by atoms with van der Waals surface area (Å²) >= 11 is 1.13. The predicted molar refractivity (Wildman–Crippen MR) is 68.9 cm³/mol. The number of ether oxygens (including phenoxy) is 1. The quantitative estimate of drug-likeness (QED) is 0.784. The van der Waals surface area contributed by atoms with E-state index in [9.17, 15) is 8.42 Å². The summed E-state index contributed by atoms with van der Waals surface area (Å²) in [7, 11) is -2.06. The molecule has 1 rings (SSSR count). The molecule has 98 valence electrons. The van der Waals surface area contributed by atoms with Crippen molar-refractivity contribution in [3.05, 3.63) is 11.4 Å². The molecule has 1 heterocycles. The van der Waals surface area contributed by atoms with Gasteiger partial charge in [0, 0.05) is 12.6 Å². The minimum atomic E-state index is -3.51. The summed E-state index contributed by atoms with van der Waals surface area (Å²) in [4.78, 5) is 0. The predicted octanol–water partition coefficient (Wildman–Crippen LogP) is 1.16. The van der Waals surface area contributed by atoms with Crippen LogP contribution in [0.3, 0.4) is 0 Å². The number of nitrogens with two attached hydrogens (primary N) is 1. The lowest BCUT2D eigenvalue weighted by Crippen LogP contribution is -2.36. The first-order valence-corrected chi connectivity index (χ1v) is 7.74. The van der Waals surface area contributed by atoms with Crippen LogP contribution in [0.2, 0.25) is 0 Å². The van der Waals surface area contributed by atoms with E-state index in [-0.39, 0.29) is 16.8 Å². The number of hydrogen-bond acceptors (Lipinski definition) is 5. The number of rotatable bonds is 7. The first-order valence-electron chi connectivity index (χ1n) is 5.38. The molecule has 0 bridgehead atoms. The highest BCUT2D eigenvalue weighted by molar-refractivity contribution is 7.91. The zero-order valence-electron chi connectivity index (χ0n) is 9.97. The Morgan fingerprint density at radius 3 is 2.88 bits per heavy atom. The summed E-state index contributed by atoms with van der Waals surface area (Å²) < 4.78 is 31.6. The number of thiophene rings is 1. The molecule has 0 saturated carbocycles. The third-order valence-corrected chi connectivity index (χ3v) is 5.13. The summed E-state index contributed by atoms with van der Waals surface area (Å²) in [5.41, 5.74) is 5.76. The molecule has 0 aromatic carbocycles. The van der Waals surface area contributed by atoms with Crippen LogP contribution in [0.1, 0.15) is 19.8 Å². The highest BCUT2D eigenvalue weighted by Gasteiger charge is 2.21. The van der Waals surface area contributed by atoms with Gasteiger partial charge in [-0.1, -0.05) is 13.3 Å². The van der Waals surface area contributed by atoms with E-state index in [0.717, 1.165) is 24.2 Å². The van der Waals surface area contributed by atoms with E-state index in [2.05, 4.69) is 4.72 Å². The standard InChI is InChI=1S/C10H18N2O3S2/c1-3-4-8(11)7-12-17(13,14)10-9(15-2)5-6-16-10/h5-6,8,12H,3-4,7,11H2,1-2H3. The maximum atomic E-state index is 11.9. The number of hydrogen-bond donors (Lipinski definition) is 2. The van der Waals surface area contributed by atoms with Gasteiger partial charge in [0.05, 0.1) is 7.11 Å². The Kier molecular flexibility index (Phi) is 5.38. The molecule has 0 saturated heterocycles. The summed E-state index contributed by atoms with van der Waals surface area (Å²) in [6.45, 7) is 2.26. The third kappa shape index (κ3) is 3.95. The fourth-order valence-corrected chi connectivity index (χ4v) is 3.80. The lowest BCUT2D eigenvalue weighted by atomic mass is 10.2. The van der Waals surface area contributed by atoms with Crippen LogP contribution in [0.4, 0.5) is 0 Å². The molecule has 0 spiro atoms. The van der Waals surface area contributed by atoms with Gasteiger partial charge in [0.1, 0.15) is 5.75 Å². The van der Waals surface area contributed by atoms with Crippen molar-refractivity contribution in [3.63, 3.8) is 0 Å². The van der Waals surface area contributed by atoms with Crippen molar-refractivity contribution in [2.75, 3.05) is 13.7 Å². The maximum Gasteiger partial charge on any atom is 0.253 e. The van der Waals surface area contributed by atoms with Crippen LogP contribution in [0.15, 0.2) is 15.7 Å². The molecule has 0 aliphatic carbocycles. The molecule has 1 atom stereocenters. The highest BCUT2D eigenvalue weighted by atomic mass is 32.2. The Labute approximate surface area is 106 Å². The molecule has 1 aromatic rings. The van der Waals surface area contributed by atoms with Crippen LogP contribution in [-0.4, -0.2) is 28.1 Å². The molecule has 7 heteroatoms. The Balaban J connectivity index is 2.69. The molecule has 0 aliphatic rings. The van der Waals surface area contributed by atoms with Gasteiger partial charge in [0.15, 0.2) is 4.21 Å². The largest absolute Gasteiger partial charge is 0.494 e. The van der Waals surface area contributed by atoms with E-state index in [1.54, 1.807) is 11.4 Å². The van der Waals surface area contributed by atoms with Gasteiger partial charge in [-0.2, -0.15) is 0 Å². The van der Waals surface area contributed by atoms with Crippen molar-refractivity contribution < 1.29 is 13.2 Å².